The Kier molecular flexibility index (Phi) is 4.94. The lowest BCUT2D eigenvalue weighted by Gasteiger charge is -2.28. The second-order valence-corrected chi connectivity index (χ2v) is 5.68. The maximum absolute atomic E-state index is 11.4. The third-order valence-electron chi connectivity index (χ3n) is 4.01. The molecule has 136 valence electrons. The van der Waals surface area contributed by atoms with Crippen molar-refractivity contribution in [2.24, 2.45) is 0 Å². The molecule has 2 aromatic rings. The first-order valence-corrected chi connectivity index (χ1v) is 7.87. The largest absolute Gasteiger partial charge is 0.378 e. The summed E-state index contributed by atoms with van der Waals surface area (Å²) in [5, 5.41) is 26.1. The van der Waals surface area contributed by atoms with E-state index in [-0.39, 0.29) is 22.8 Å². The fourth-order valence-electron chi connectivity index (χ4n) is 2.75. The second-order valence-electron chi connectivity index (χ2n) is 5.68. The third-order valence-corrected chi connectivity index (χ3v) is 4.01. The number of anilines is 1. The van der Waals surface area contributed by atoms with E-state index in [4.69, 9.17) is 9.26 Å². The number of nitro groups is 2. The molecular weight excluding hydrogens is 344 g/mol. The highest BCUT2D eigenvalue weighted by molar-refractivity contribution is 5.75. The Morgan fingerprint density at radius 2 is 1.88 bits per heavy atom. The van der Waals surface area contributed by atoms with Gasteiger partial charge >= 0.3 is 5.69 Å². The van der Waals surface area contributed by atoms with Crippen LogP contribution in [0, 0.1) is 27.2 Å². The summed E-state index contributed by atoms with van der Waals surface area (Å²) in [6.07, 6.45) is 2.90. The smallest absolute Gasteiger partial charge is 0.338 e. The van der Waals surface area contributed by atoms with E-state index in [0.717, 1.165) is 0 Å². The maximum atomic E-state index is 11.4. The monoisotopic (exact) mass is 360 g/mol. The van der Waals surface area contributed by atoms with E-state index in [1.807, 2.05) is 4.90 Å². The summed E-state index contributed by atoms with van der Waals surface area (Å²) >= 11 is 0. The minimum Gasteiger partial charge on any atom is -0.378 e. The van der Waals surface area contributed by atoms with Gasteiger partial charge in [0.2, 0.25) is 5.76 Å². The van der Waals surface area contributed by atoms with Gasteiger partial charge in [0, 0.05) is 19.2 Å². The molecule has 2 heterocycles. The highest BCUT2D eigenvalue weighted by atomic mass is 16.6. The number of hydrogen-bond donors (Lipinski definition) is 0. The van der Waals surface area contributed by atoms with Gasteiger partial charge in [-0.1, -0.05) is 17.3 Å². The van der Waals surface area contributed by atoms with Gasteiger partial charge in [0.1, 0.15) is 5.69 Å². The number of benzene rings is 1. The van der Waals surface area contributed by atoms with Gasteiger partial charge in [0.25, 0.3) is 5.69 Å². The molecule has 1 aromatic heterocycles. The molecule has 0 unspecified atom stereocenters. The third kappa shape index (κ3) is 3.54. The van der Waals surface area contributed by atoms with E-state index >= 15 is 0 Å². The zero-order valence-electron chi connectivity index (χ0n) is 14.0. The van der Waals surface area contributed by atoms with Crippen LogP contribution >= 0.6 is 0 Å². The summed E-state index contributed by atoms with van der Waals surface area (Å²) in [4.78, 5) is 23.4. The number of nitrogens with zero attached hydrogens (tertiary/aromatic N) is 4. The number of nitro benzene ring substituents is 1. The van der Waals surface area contributed by atoms with Crippen LogP contribution in [-0.4, -0.2) is 41.3 Å². The first kappa shape index (κ1) is 17.5. The second kappa shape index (κ2) is 7.31. The van der Waals surface area contributed by atoms with Crippen LogP contribution in [0.15, 0.2) is 22.7 Å². The number of morpholine rings is 1. The van der Waals surface area contributed by atoms with Crippen molar-refractivity contribution in [2.45, 2.75) is 6.92 Å². The fourth-order valence-corrected chi connectivity index (χ4v) is 2.75. The molecule has 26 heavy (non-hydrogen) atoms. The Morgan fingerprint density at radius 1 is 1.15 bits per heavy atom. The van der Waals surface area contributed by atoms with Crippen molar-refractivity contribution in [1.29, 1.82) is 0 Å². The quantitative estimate of drug-likeness (QED) is 0.588. The standard InChI is InChI=1S/C16H16N4O6/c1-11-16(20(23)24)15(26-17-11)5-3-12-2-4-13(14(10-12)19(21)22)18-6-8-25-9-7-18/h2-5,10H,6-9H2,1H3. The predicted octanol–water partition coefficient (Wildman–Crippen LogP) is 2.81. The molecule has 3 rings (SSSR count). The summed E-state index contributed by atoms with van der Waals surface area (Å²) in [6, 6.07) is 4.81. The van der Waals surface area contributed by atoms with Crippen molar-refractivity contribution in [2.75, 3.05) is 31.2 Å². The molecule has 1 aromatic carbocycles. The lowest BCUT2D eigenvalue weighted by Crippen LogP contribution is -2.36. The number of rotatable bonds is 5. The van der Waals surface area contributed by atoms with Gasteiger partial charge in [-0.25, -0.2) is 0 Å². The van der Waals surface area contributed by atoms with Crippen molar-refractivity contribution < 1.29 is 19.1 Å². The summed E-state index contributed by atoms with van der Waals surface area (Å²) < 4.78 is 10.2. The number of ether oxygens (including phenoxy) is 1. The van der Waals surface area contributed by atoms with Crippen molar-refractivity contribution in [3.8, 4) is 0 Å². The first-order chi connectivity index (χ1) is 12.5. The Bertz CT molecular complexity index is 870. The Balaban J connectivity index is 1.90. The SMILES string of the molecule is Cc1noc(C=Cc2ccc(N3CCOCC3)c([N+](=O)[O-])c2)c1[N+](=O)[O-]. The van der Waals surface area contributed by atoms with Crippen LogP contribution in [0.5, 0.6) is 0 Å². The van der Waals surface area contributed by atoms with E-state index < -0.39 is 9.85 Å². The van der Waals surface area contributed by atoms with Crippen LogP contribution in [-0.2, 0) is 4.74 Å². The highest BCUT2D eigenvalue weighted by Crippen LogP contribution is 2.31. The van der Waals surface area contributed by atoms with Crippen LogP contribution in [0.2, 0.25) is 0 Å². The normalized spacial score (nSPS) is 14.7. The van der Waals surface area contributed by atoms with Gasteiger partial charge in [-0.05, 0) is 24.6 Å². The molecule has 0 aliphatic carbocycles. The fraction of sp³-hybridized carbons (Fsp3) is 0.312. The molecule has 0 bridgehead atoms. The molecule has 0 atom stereocenters. The zero-order chi connectivity index (χ0) is 18.7. The van der Waals surface area contributed by atoms with Crippen molar-refractivity contribution in [3.63, 3.8) is 0 Å². The molecule has 0 N–H and O–H groups in total. The average Bonchev–Trinajstić information content (AvgIpc) is 3.01. The molecule has 1 fully saturated rings. The van der Waals surface area contributed by atoms with Gasteiger partial charge in [0.15, 0.2) is 5.69 Å². The number of aromatic nitrogens is 1. The zero-order valence-corrected chi connectivity index (χ0v) is 14.0. The lowest BCUT2D eigenvalue weighted by atomic mass is 10.1. The maximum Gasteiger partial charge on any atom is 0.338 e. The summed E-state index contributed by atoms with van der Waals surface area (Å²) in [6.45, 7) is 3.68. The first-order valence-electron chi connectivity index (χ1n) is 7.87. The Morgan fingerprint density at radius 3 is 2.54 bits per heavy atom. The molecule has 0 amide bonds. The summed E-state index contributed by atoms with van der Waals surface area (Å²) in [7, 11) is 0. The molecule has 10 heteroatoms. The molecule has 1 saturated heterocycles. The predicted molar refractivity (Wildman–Crippen MR) is 93.0 cm³/mol. The molecule has 10 nitrogen and oxygen atoms in total. The van der Waals surface area contributed by atoms with Gasteiger partial charge in [-0.2, -0.15) is 0 Å². The van der Waals surface area contributed by atoms with E-state index in [0.29, 0.717) is 37.6 Å². The minimum atomic E-state index is -0.574. The van der Waals surface area contributed by atoms with Crippen molar-refractivity contribution in [1.82, 2.24) is 5.16 Å². The molecule has 1 aliphatic heterocycles. The van der Waals surface area contributed by atoms with Crippen LogP contribution in [0.4, 0.5) is 17.1 Å². The molecule has 0 radical (unpaired) electrons. The molecular formula is C16H16N4O6. The Labute approximate surface area is 147 Å². The van der Waals surface area contributed by atoms with Crippen molar-refractivity contribution >= 4 is 29.2 Å². The average molecular weight is 360 g/mol. The van der Waals surface area contributed by atoms with Gasteiger partial charge in [-0.15, -0.1) is 0 Å². The Hall–Kier alpha value is -3.27. The van der Waals surface area contributed by atoms with Crippen LogP contribution < -0.4 is 4.90 Å². The highest BCUT2D eigenvalue weighted by Gasteiger charge is 2.23. The van der Waals surface area contributed by atoms with Crippen molar-refractivity contribution in [3.05, 3.63) is 55.4 Å². The molecule has 0 spiro atoms. The lowest BCUT2D eigenvalue weighted by molar-refractivity contribution is -0.386. The van der Waals surface area contributed by atoms with E-state index in [9.17, 15) is 20.2 Å². The van der Waals surface area contributed by atoms with Gasteiger partial charge in [-0.3, -0.25) is 20.2 Å². The topological polar surface area (TPSA) is 125 Å². The van der Waals surface area contributed by atoms with Gasteiger partial charge < -0.3 is 14.2 Å². The van der Waals surface area contributed by atoms with E-state index in [1.165, 1.54) is 25.1 Å². The van der Waals surface area contributed by atoms with E-state index in [2.05, 4.69) is 5.16 Å². The van der Waals surface area contributed by atoms with Gasteiger partial charge in [0.05, 0.1) is 23.1 Å². The van der Waals surface area contributed by atoms with E-state index in [1.54, 1.807) is 12.1 Å². The molecule has 0 saturated carbocycles. The number of hydrogen-bond acceptors (Lipinski definition) is 8. The summed E-state index contributed by atoms with van der Waals surface area (Å²) in [5.74, 6) is -0.00703. The number of aryl methyl sites for hydroxylation is 1. The molecule has 1 aliphatic rings. The van der Waals surface area contributed by atoms with Crippen LogP contribution in [0.3, 0.4) is 0 Å². The minimum absolute atomic E-state index is 0.00703. The van der Waals surface area contributed by atoms with Crippen LogP contribution in [0.25, 0.3) is 12.2 Å². The summed E-state index contributed by atoms with van der Waals surface area (Å²) in [5.41, 5.74) is 0.968. The van der Waals surface area contributed by atoms with Crippen LogP contribution in [0.1, 0.15) is 17.0 Å².